The van der Waals surface area contributed by atoms with E-state index in [9.17, 15) is 13.2 Å². The van der Waals surface area contributed by atoms with Crippen molar-refractivity contribution in [1.82, 2.24) is 19.4 Å². The number of aromatic nitrogens is 3. The van der Waals surface area contributed by atoms with Crippen molar-refractivity contribution >= 4 is 26.9 Å². The van der Waals surface area contributed by atoms with Crippen LogP contribution in [0.15, 0.2) is 35.2 Å². The molecule has 1 amide bonds. The average molecular weight is 471 g/mol. The summed E-state index contributed by atoms with van der Waals surface area (Å²) in [5, 5.41) is 0. The van der Waals surface area contributed by atoms with Crippen LogP contribution in [0.2, 0.25) is 0 Å². The maximum absolute atomic E-state index is 13.3. The zero-order valence-electron chi connectivity index (χ0n) is 19.4. The normalized spacial score (nSPS) is 14.0. The SMILES string of the molecule is Cc1cc(C(=O)N(C)CCCOc2cccc(S(C)(=O)=O)c2)c2nc3n(c2n1)CCCCC3. The van der Waals surface area contributed by atoms with Crippen LogP contribution in [0.5, 0.6) is 5.75 Å². The van der Waals surface area contributed by atoms with Crippen molar-refractivity contribution in [3.05, 3.63) is 47.4 Å². The lowest BCUT2D eigenvalue weighted by molar-refractivity contribution is 0.0789. The van der Waals surface area contributed by atoms with E-state index in [1.165, 1.54) is 18.7 Å². The van der Waals surface area contributed by atoms with Gasteiger partial charge in [-0.2, -0.15) is 0 Å². The molecule has 2 aromatic heterocycles. The highest BCUT2D eigenvalue weighted by molar-refractivity contribution is 7.90. The van der Waals surface area contributed by atoms with E-state index in [1.54, 1.807) is 30.1 Å². The van der Waals surface area contributed by atoms with E-state index in [-0.39, 0.29) is 10.8 Å². The molecule has 0 bridgehead atoms. The van der Waals surface area contributed by atoms with E-state index < -0.39 is 9.84 Å². The third kappa shape index (κ3) is 5.19. The van der Waals surface area contributed by atoms with Gasteiger partial charge >= 0.3 is 0 Å². The smallest absolute Gasteiger partial charge is 0.256 e. The van der Waals surface area contributed by atoms with Crippen LogP contribution in [0.25, 0.3) is 11.2 Å². The molecule has 0 saturated carbocycles. The van der Waals surface area contributed by atoms with Crippen LogP contribution in [0.1, 0.15) is 47.6 Å². The first kappa shape index (κ1) is 23.2. The molecule has 0 radical (unpaired) electrons. The molecular weight excluding hydrogens is 440 g/mol. The molecule has 1 aliphatic rings. The Kier molecular flexibility index (Phi) is 6.69. The Balaban J connectivity index is 1.42. The van der Waals surface area contributed by atoms with Gasteiger partial charge in [-0.1, -0.05) is 12.5 Å². The van der Waals surface area contributed by atoms with Crippen molar-refractivity contribution in [3.63, 3.8) is 0 Å². The molecule has 8 nitrogen and oxygen atoms in total. The lowest BCUT2D eigenvalue weighted by atomic mass is 10.1. The maximum atomic E-state index is 13.3. The van der Waals surface area contributed by atoms with Gasteiger partial charge in [0, 0.05) is 38.5 Å². The average Bonchev–Trinajstić information content (AvgIpc) is 2.96. The number of ether oxygens (including phenoxy) is 1. The van der Waals surface area contributed by atoms with Crippen LogP contribution in [-0.4, -0.2) is 60.2 Å². The summed E-state index contributed by atoms with van der Waals surface area (Å²) in [5.41, 5.74) is 2.88. The molecule has 0 atom stereocenters. The first-order valence-corrected chi connectivity index (χ1v) is 13.2. The number of benzene rings is 1. The molecule has 0 fully saturated rings. The summed E-state index contributed by atoms with van der Waals surface area (Å²) < 4.78 is 31.3. The Morgan fingerprint density at radius 3 is 2.79 bits per heavy atom. The Morgan fingerprint density at radius 1 is 1.18 bits per heavy atom. The van der Waals surface area contributed by atoms with Gasteiger partial charge in [0.05, 0.1) is 17.1 Å². The first-order valence-electron chi connectivity index (χ1n) is 11.3. The van der Waals surface area contributed by atoms with Gasteiger partial charge in [-0.25, -0.2) is 18.4 Å². The van der Waals surface area contributed by atoms with Crippen molar-refractivity contribution in [2.75, 3.05) is 26.5 Å². The highest BCUT2D eigenvalue weighted by Gasteiger charge is 2.22. The molecular formula is C24H30N4O4S. The summed E-state index contributed by atoms with van der Waals surface area (Å²) in [6, 6.07) is 8.26. The van der Waals surface area contributed by atoms with Crippen LogP contribution in [0, 0.1) is 6.92 Å². The topological polar surface area (TPSA) is 94.4 Å². The van der Waals surface area contributed by atoms with Crippen LogP contribution in [-0.2, 0) is 22.8 Å². The van der Waals surface area contributed by atoms with E-state index in [0.717, 1.165) is 43.0 Å². The number of rotatable bonds is 7. The maximum Gasteiger partial charge on any atom is 0.256 e. The molecule has 0 aliphatic carbocycles. The monoisotopic (exact) mass is 470 g/mol. The fourth-order valence-electron chi connectivity index (χ4n) is 4.17. The zero-order chi connectivity index (χ0) is 23.6. The molecule has 0 saturated heterocycles. The highest BCUT2D eigenvalue weighted by Crippen LogP contribution is 2.25. The number of nitrogens with zero attached hydrogens (tertiary/aromatic N) is 4. The van der Waals surface area contributed by atoms with Crippen molar-refractivity contribution in [3.8, 4) is 5.75 Å². The molecule has 0 spiro atoms. The Labute approximate surface area is 194 Å². The van der Waals surface area contributed by atoms with Crippen LogP contribution < -0.4 is 4.74 Å². The minimum absolute atomic E-state index is 0.0853. The second-order valence-corrected chi connectivity index (χ2v) is 10.7. The molecule has 176 valence electrons. The van der Waals surface area contributed by atoms with Crippen LogP contribution in [0.3, 0.4) is 0 Å². The number of amides is 1. The zero-order valence-corrected chi connectivity index (χ0v) is 20.2. The fourth-order valence-corrected chi connectivity index (χ4v) is 4.83. The molecule has 1 aliphatic heterocycles. The Hall–Kier alpha value is -2.94. The van der Waals surface area contributed by atoms with Crippen molar-refractivity contribution < 1.29 is 17.9 Å². The van der Waals surface area contributed by atoms with E-state index in [1.807, 2.05) is 13.0 Å². The second kappa shape index (κ2) is 9.51. The molecule has 9 heteroatoms. The van der Waals surface area contributed by atoms with Gasteiger partial charge in [0.25, 0.3) is 5.91 Å². The number of pyridine rings is 1. The Bertz CT molecular complexity index is 1280. The molecule has 3 aromatic rings. The molecule has 3 heterocycles. The van der Waals surface area contributed by atoms with Gasteiger partial charge in [0.15, 0.2) is 15.5 Å². The van der Waals surface area contributed by atoms with Gasteiger partial charge in [0.1, 0.15) is 17.1 Å². The van der Waals surface area contributed by atoms with E-state index in [4.69, 9.17) is 14.7 Å². The van der Waals surface area contributed by atoms with Crippen molar-refractivity contribution in [2.24, 2.45) is 0 Å². The number of hydrogen-bond donors (Lipinski definition) is 0. The molecule has 1 aromatic carbocycles. The largest absolute Gasteiger partial charge is 0.493 e. The number of fused-ring (bicyclic) bond motifs is 3. The van der Waals surface area contributed by atoms with Gasteiger partial charge in [-0.05, 0) is 50.5 Å². The van der Waals surface area contributed by atoms with Gasteiger partial charge < -0.3 is 14.2 Å². The third-order valence-corrected chi connectivity index (χ3v) is 7.02. The summed E-state index contributed by atoms with van der Waals surface area (Å²) in [6.07, 6.45) is 6.09. The third-order valence-electron chi connectivity index (χ3n) is 5.91. The van der Waals surface area contributed by atoms with E-state index >= 15 is 0 Å². The minimum atomic E-state index is -3.28. The number of aryl methyl sites for hydroxylation is 3. The highest BCUT2D eigenvalue weighted by atomic mass is 32.2. The minimum Gasteiger partial charge on any atom is -0.493 e. The Morgan fingerprint density at radius 2 is 2.00 bits per heavy atom. The second-order valence-electron chi connectivity index (χ2n) is 8.65. The molecule has 33 heavy (non-hydrogen) atoms. The number of carbonyl (C=O) groups excluding carboxylic acids is 1. The summed E-state index contributed by atoms with van der Waals surface area (Å²) >= 11 is 0. The number of hydrogen-bond acceptors (Lipinski definition) is 6. The van der Waals surface area contributed by atoms with Crippen molar-refractivity contribution in [1.29, 1.82) is 0 Å². The summed E-state index contributed by atoms with van der Waals surface area (Å²) in [4.78, 5) is 24.6. The van der Waals surface area contributed by atoms with Crippen molar-refractivity contribution in [2.45, 2.75) is 50.5 Å². The fraction of sp³-hybridized carbons (Fsp3) is 0.458. The number of imidazole rings is 1. The standard InChI is InChI=1S/C24H30N4O4S/c1-17-15-20(22-23(25-17)28-13-6-4-5-11-21(28)26-22)24(29)27(2)12-8-14-32-18-9-7-10-19(16-18)33(3,30)31/h7,9-10,15-16H,4-6,8,11-14H2,1-3H3. The molecule has 0 unspecified atom stereocenters. The molecule has 0 N–H and O–H groups in total. The summed E-state index contributed by atoms with van der Waals surface area (Å²) in [6.45, 7) is 3.67. The number of carbonyl (C=O) groups is 1. The van der Waals surface area contributed by atoms with Gasteiger partial charge in [-0.15, -0.1) is 0 Å². The van der Waals surface area contributed by atoms with Gasteiger partial charge in [0.2, 0.25) is 0 Å². The summed E-state index contributed by atoms with van der Waals surface area (Å²) in [7, 11) is -1.51. The lowest BCUT2D eigenvalue weighted by Crippen LogP contribution is -2.29. The predicted octanol–water partition coefficient (Wildman–Crippen LogP) is 3.41. The first-order chi connectivity index (χ1) is 15.7. The van der Waals surface area contributed by atoms with Crippen LogP contribution in [0.4, 0.5) is 0 Å². The summed E-state index contributed by atoms with van der Waals surface area (Å²) in [5.74, 6) is 1.43. The lowest BCUT2D eigenvalue weighted by Gasteiger charge is -2.18. The molecule has 4 rings (SSSR count). The number of sulfone groups is 1. The van der Waals surface area contributed by atoms with E-state index in [0.29, 0.717) is 36.4 Å². The van der Waals surface area contributed by atoms with Crippen LogP contribution >= 0.6 is 0 Å². The van der Waals surface area contributed by atoms with Gasteiger partial charge in [-0.3, -0.25) is 4.79 Å². The predicted molar refractivity (Wildman–Crippen MR) is 126 cm³/mol. The van der Waals surface area contributed by atoms with E-state index in [2.05, 4.69) is 4.57 Å². The quantitative estimate of drug-likeness (QED) is 0.491.